The third kappa shape index (κ3) is 4.86. The van der Waals surface area contributed by atoms with E-state index in [1.165, 1.54) is 11.3 Å². The molecule has 0 aliphatic heterocycles. The lowest BCUT2D eigenvalue weighted by Gasteiger charge is -2.09. The van der Waals surface area contributed by atoms with Crippen LogP contribution in [0.15, 0.2) is 74.6 Å². The van der Waals surface area contributed by atoms with Crippen LogP contribution in [0.4, 0.5) is 0 Å². The summed E-state index contributed by atoms with van der Waals surface area (Å²) >= 11 is 5.14. The molecule has 0 amide bonds. The summed E-state index contributed by atoms with van der Waals surface area (Å²) in [4.78, 5) is 5.41. The quantitative estimate of drug-likeness (QED) is 0.384. The summed E-state index contributed by atoms with van der Waals surface area (Å²) in [5, 5.41) is 17.2. The first-order chi connectivity index (χ1) is 13.9. The molecule has 0 aliphatic carbocycles. The zero-order valence-electron chi connectivity index (χ0n) is 16.5. The van der Waals surface area contributed by atoms with E-state index >= 15 is 0 Å². The summed E-state index contributed by atoms with van der Waals surface area (Å²) in [7, 11) is 1.57. The Bertz CT molecular complexity index is 1140. The van der Waals surface area contributed by atoms with E-state index in [0.717, 1.165) is 26.1 Å². The molecular weight excluding hydrogens is 450 g/mol. The summed E-state index contributed by atoms with van der Waals surface area (Å²) in [5.74, 6) is 0.706. The molecule has 0 unspecified atom stereocenters. The van der Waals surface area contributed by atoms with Crippen LogP contribution in [0.3, 0.4) is 0 Å². The van der Waals surface area contributed by atoms with E-state index in [1.54, 1.807) is 25.3 Å². The van der Waals surface area contributed by atoms with Gasteiger partial charge >= 0.3 is 0 Å². The number of benzene rings is 2. The van der Waals surface area contributed by atoms with Crippen LogP contribution in [0.2, 0.25) is 0 Å². The smallest absolute Gasteiger partial charge is 0.206 e. The molecule has 0 radical (unpaired) electrons. The van der Waals surface area contributed by atoms with Gasteiger partial charge in [-0.3, -0.25) is 4.99 Å². The largest absolute Gasteiger partial charge is 0.507 e. The Morgan fingerprint density at radius 3 is 2.66 bits per heavy atom. The number of halogens is 1. The van der Waals surface area contributed by atoms with Crippen LogP contribution >= 0.6 is 27.3 Å². The summed E-state index contributed by atoms with van der Waals surface area (Å²) in [5.41, 5.74) is 4.19. The molecule has 150 valence electrons. The lowest BCUT2D eigenvalue weighted by Crippen LogP contribution is -2.15. The van der Waals surface area contributed by atoms with Gasteiger partial charge < -0.3 is 9.84 Å². The minimum absolute atomic E-state index is 0.115. The average molecular weight is 472 g/mol. The average Bonchev–Trinajstić information content (AvgIpc) is 3.08. The Labute approximate surface area is 182 Å². The highest BCUT2D eigenvalue weighted by Crippen LogP contribution is 2.29. The molecule has 0 bridgehead atoms. The molecule has 5 nitrogen and oxygen atoms in total. The Kier molecular flexibility index (Phi) is 6.71. The van der Waals surface area contributed by atoms with Crippen molar-refractivity contribution < 1.29 is 9.84 Å². The molecule has 3 rings (SSSR count). The van der Waals surface area contributed by atoms with Gasteiger partial charge in [0.1, 0.15) is 11.5 Å². The van der Waals surface area contributed by atoms with Gasteiger partial charge in [0.2, 0.25) is 4.80 Å². The Morgan fingerprint density at radius 2 is 2.00 bits per heavy atom. The highest BCUT2D eigenvalue weighted by atomic mass is 79.9. The number of methoxy groups -OCH3 is 1. The first-order valence-corrected chi connectivity index (χ1v) is 10.6. The number of phenols is 1. The number of hydrogen-bond acceptors (Lipinski definition) is 5. The van der Waals surface area contributed by atoms with Crippen LogP contribution in [-0.2, 0) is 0 Å². The highest BCUT2D eigenvalue weighted by molar-refractivity contribution is 9.10. The standard InChI is InChI=1S/C22H22BrN3O2S/c1-14(2)12-24-22-26(20(13-29-22)18-7-5-6-8-19(18)23)25-15(3)17-10-9-16(28-4)11-21(17)27/h5-11,13,27H,1,12H2,2-4H3. The van der Waals surface area contributed by atoms with Crippen molar-refractivity contribution in [2.45, 2.75) is 13.8 Å². The fraction of sp³-hybridized carbons (Fsp3) is 0.182. The second-order valence-corrected chi connectivity index (χ2v) is 8.23. The SMILES string of the molecule is C=C(C)CN=c1scc(-c2ccccc2Br)n1N=C(C)c1ccc(OC)cc1O. The van der Waals surface area contributed by atoms with Crippen molar-refractivity contribution in [1.82, 2.24) is 4.68 Å². The van der Waals surface area contributed by atoms with E-state index in [1.807, 2.05) is 48.2 Å². The zero-order valence-corrected chi connectivity index (χ0v) is 18.9. The molecule has 2 aromatic carbocycles. The van der Waals surface area contributed by atoms with E-state index in [9.17, 15) is 5.11 Å². The maximum Gasteiger partial charge on any atom is 0.206 e. The van der Waals surface area contributed by atoms with Crippen LogP contribution in [0.1, 0.15) is 19.4 Å². The molecule has 0 saturated carbocycles. The lowest BCUT2D eigenvalue weighted by molar-refractivity contribution is 0.407. The van der Waals surface area contributed by atoms with Crippen LogP contribution < -0.4 is 9.54 Å². The monoisotopic (exact) mass is 471 g/mol. The fourth-order valence-electron chi connectivity index (χ4n) is 2.71. The normalized spacial score (nSPS) is 12.3. The van der Waals surface area contributed by atoms with Gasteiger partial charge in [-0.05, 0) is 32.0 Å². The Hall–Kier alpha value is -2.64. The second kappa shape index (κ2) is 9.24. The van der Waals surface area contributed by atoms with Crippen LogP contribution in [0.25, 0.3) is 11.3 Å². The zero-order chi connectivity index (χ0) is 21.0. The molecule has 0 atom stereocenters. The van der Waals surface area contributed by atoms with Crippen molar-refractivity contribution in [3.05, 3.63) is 74.8 Å². The van der Waals surface area contributed by atoms with E-state index in [4.69, 9.17) is 9.84 Å². The maximum atomic E-state index is 10.4. The molecule has 7 heteroatoms. The molecule has 0 saturated heterocycles. The molecule has 1 heterocycles. The van der Waals surface area contributed by atoms with Gasteiger partial charge in [-0.2, -0.15) is 5.10 Å². The number of ether oxygens (including phenoxy) is 1. The number of phenolic OH excluding ortho intramolecular Hbond substituents is 1. The predicted octanol–water partition coefficient (Wildman–Crippen LogP) is 5.44. The summed E-state index contributed by atoms with van der Waals surface area (Å²) in [6.07, 6.45) is 0. The van der Waals surface area contributed by atoms with E-state index < -0.39 is 0 Å². The van der Waals surface area contributed by atoms with Crippen molar-refractivity contribution in [1.29, 1.82) is 0 Å². The van der Waals surface area contributed by atoms with Crippen LogP contribution in [-0.4, -0.2) is 29.1 Å². The molecule has 3 aromatic rings. The number of rotatable bonds is 6. The van der Waals surface area contributed by atoms with Crippen molar-refractivity contribution in [3.8, 4) is 22.8 Å². The van der Waals surface area contributed by atoms with Crippen molar-refractivity contribution in [2.75, 3.05) is 13.7 Å². The maximum absolute atomic E-state index is 10.4. The minimum atomic E-state index is 0.115. The first kappa shape index (κ1) is 21.1. The van der Waals surface area contributed by atoms with Gasteiger partial charge in [0.25, 0.3) is 0 Å². The van der Waals surface area contributed by atoms with Crippen molar-refractivity contribution in [2.24, 2.45) is 10.1 Å². The van der Waals surface area contributed by atoms with Crippen molar-refractivity contribution >= 4 is 33.0 Å². The van der Waals surface area contributed by atoms with Gasteiger partial charge in [0, 0.05) is 27.0 Å². The highest BCUT2D eigenvalue weighted by Gasteiger charge is 2.13. The molecular formula is C22H22BrN3O2S. The van der Waals surface area contributed by atoms with Gasteiger partial charge in [-0.25, -0.2) is 4.68 Å². The molecule has 1 N–H and O–H groups in total. The molecule has 0 spiro atoms. The molecule has 0 fully saturated rings. The predicted molar refractivity (Wildman–Crippen MR) is 123 cm³/mol. The van der Waals surface area contributed by atoms with E-state index in [-0.39, 0.29) is 5.75 Å². The minimum Gasteiger partial charge on any atom is -0.507 e. The topological polar surface area (TPSA) is 59.1 Å². The Morgan fingerprint density at radius 1 is 1.24 bits per heavy atom. The van der Waals surface area contributed by atoms with Gasteiger partial charge in [0.15, 0.2) is 0 Å². The first-order valence-electron chi connectivity index (χ1n) is 8.94. The number of nitrogens with zero attached hydrogens (tertiary/aromatic N) is 3. The summed E-state index contributed by atoms with van der Waals surface area (Å²) < 4.78 is 7.95. The van der Waals surface area contributed by atoms with E-state index in [0.29, 0.717) is 23.6 Å². The van der Waals surface area contributed by atoms with E-state index in [2.05, 4.69) is 27.5 Å². The number of aromatic hydroxyl groups is 1. The fourth-order valence-corrected chi connectivity index (χ4v) is 4.02. The second-order valence-electron chi connectivity index (χ2n) is 6.54. The van der Waals surface area contributed by atoms with Crippen LogP contribution in [0, 0.1) is 0 Å². The van der Waals surface area contributed by atoms with Gasteiger partial charge in [-0.1, -0.05) is 46.3 Å². The summed E-state index contributed by atoms with van der Waals surface area (Å²) in [6.45, 7) is 8.26. The van der Waals surface area contributed by atoms with Crippen LogP contribution in [0.5, 0.6) is 11.5 Å². The number of aromatic nitrogens is 1. The molecule has 29 heavy (non-hydrogen) atoms. The third-order valence-corrected chi connectivity index (χ3v) is 5.71. The lowest BCUT2D eigenvalue weighted by atomic mass is 10.1. The van der Waals surface area contributed by atoms with Crippen molar-refractivity contribution in [3.63, 3.8) is 0 Å². The third-order valence-electron chi connectivity index (χ3n) is 4.16. The Balaban J connectivity index is 2.17. The summed E-state index contributed by atoms with van der Waals surface area (Å²) in [6, 6.07) is 13.2. The van der Waals surface area contributed by atoms with Gasteiger partial charge in [0.05, 0.1) is 25.1 Å². The molecule has 0 aliphatic rings. The molecule has 1 aromatic heterocycles. The number of thiazole rings is 1. The van der Waals surface area contributed by atoms with Gasteiger partial charge in [-0.15, -0.1) is 11.3 Å². The number of hydrogen-bond donors (Lipinski definition) is 1.